The molecule has 192 valence electrons. The molecule has 0 amide bonds. The third-order valence-corrected chi connectivity index (χ3v) is 8.42. The van der Waals surface area contributed by atoms with E-state index in [4.69, 9.17) is 30.8 Å². The molecular weight excluding hydrogens is 520 g/mol. The highest BCUT2D eigenvalue weighted by atomic mass is 35.5. The minimum atomic E-state index is -0.335. The number of nitrogens with zero attached hydrogens (tertiary/aromatic N) is 2. The summed E-state index contributed by atoms with van der Waals surface area (Å²) in [6, 6.07) is 19.3. The highest BCUT2D eigenvalue weighted by Crippen LogP contribution is 2.42. The van der Waals surface area contributed by atoms with Crippen LogP contribution >= 0.6 is 22.9 Å². The van der Waals surface area contributed by atoms with Crippen molar-refractivity contribution in [3.05, 3.63) is 113 Å². The molecule has 2 heterocycles. The standard InChI is InChI=1S/C30H25ClN2O4S/c1-35-23-16-25(37-3)24(36-2)14-18(23)15-26-29(34)33-28(20-10-6-7-11-22(20)31)21-13-12-17-8-4-5-9-19(17)27(21)32-30(33)38-26/h4-11,14-16,28H,12-13H2,1-3H3/b26-15-/t28-/m0/s1. The number of rotatable bonds is 5. The molecular formula is C30H25ClN2O4S. The van der Waals surface area contributed by atoms with Crippen molar-refractivity contribution >= 4 is 34.7 Å². The molecule has 1 atom stereocenters. The van der Waals surface area contributed by atoms with Crippen molar-refractivity contribution in [1.82, 2.24) is 4.57 Å². The number of benzene rings is 3. The lowest BCUT2D eigenvalue weighted by atomic mass is 9.83. The lowest BCUT2D eigenvalue weighted by molar-refractivity contribution is 0.348. The highest BCUT2D eigenvalue weighted by Gasteiger charge is 2.33. The Labute approximate surface area is 228 Å². The van der Waals surface area contributed by atoms with Crippen molar-refractivity contribution in [3.8, 4) is 17.2 Å². The number of thiazole rings is 1. The molecule has 0 saturated carbocycles. The predicted octanol–water partition coefficient (Wildman–Crippen LogP) is 5.00. The summed E-state index contributed by atoms with van der Waals surface area (Å²) in [5.41, 5.74) is 5.91. The van der Waals surface area contributed by atoms with Gasteiger partial charge in [-0.15, -0.1) is 0 Å². The van der Waals surface area contributed by atoms with Crippen molar-refractivity contribution < 1.29 is 14.2 Å². The molecule has 1 aliphatic heterocycles. The van der Waals surface area contributed by atoms with Gasteiger partial charge in [0.1, 0.15) is 5.75 Å². The van der Waals surface area contributed by atoms with Crippen LogP contribution in [-0.2, 0) is 6.42 Å². The van der Waals surface area contributed by atoms with Crippen molar-refractivity contribution in [2.24, 2.45) is 4.99 Å². The maximum atomic E-state index is 14.0. The van der Waals surface area contributed by atoms with E-state index < -0.39 is 0 Å². The molecule has 0 unspecified atom stereocenters. The monoisotopic (exact) mass is 544 g/mol. The van der Waals surface area contributed by atoms with Crippen molar-refractivity contribution in [1.29, 1.82) is 0 Å². The van der Waals surface area contributed by atoms with E-state index in [1.165, 1.54) is 16.9 Å². The third-order valence-electron chi connectivity index (χ3n) is 7.10. The molecule has 0 fully saturated rings. The quantitative estimate of drug-likeness (QED) is 0.355. The normalized spacial score (nSPS) is 16.3. The van der Waals surface area contributed by atoms with Crippen LogP contribution in [0, 0.1) is 0 Å². The topological polar surface area (TPSA) is 62.1 Å². The first-order valence-corrected chi connectivity index (χ1v) is 13.4. The zero-order valence-electron chi connectivity index (χ0n) is 21.2. The Morgan fingerprint density at radius 2 is 1.66 bits per heavy atom. The molecule has 1 aliphatic carbocycles. The number of hydrogen-bond donors (Lipinski definition) is 0. The second-order valence-corrected chi connectivity index (χ2v) is 10.5. The fourth-order valence-electron chi connectivity index (χ4n) is 5.30. The summed E-state index contributed by atoms with van der Waals surface area (Å²) in [7, 11) is 4.74. The van der Waals surface area contributed by atoms with Gasteiger partial charge in [-0.05, 0) is 47.8 Å². The van der Waals surface area contributed by atoms with Crippen LogP contribution in [0.1, 0.15) is 34.7 Å². The van der Waals surface area contributed by atoms with Crippen LogP contribution in [0.2, 0.25) is 5.02 Å². The molecule has 0 radical (unpaired) electrons. The van der Waals surface area contributed by atoms with Crippen LogP contribution < -0.4 is 29.1 Å². The smallest absolute Gasteiger partial charge is 0.271 e. The Balaban J connectivity index is 1.62. The lowest BCUT2D eigenvalue weighted by Gasteiger charge is -2.31. The largest absolute Gasteiger partial charge is 0.496 e. The molecule has 6 nitrogen and oxygen atoms in total. The van der Waals surface area contributed by atoms with Crippen LogP contribution in [0.15, 0.2) is 76.0 Å². The Hall–Kier alpha value is -3.81. The third kappa shape index (κ3) is 3.94. The zero-order chi connectivity index (χ0) is 26.4. The van der Waals surface area contributed by atoms with E-state index in [2.05, 4.69) is 18.2 Å². The van der Waals surface area contributed by atoms with E-state index in [0.29, 0.717) is 37.2 Å². The first-order valence-electron chi connectivity index (χ1n) is 12.2. The van der Waals surface area contributed by atoms with Gasteiger partial charge in [0.15, 0.2) is 16.3 Å². The SMILES string of the molecule is COc1cc(OC)c(OC)cc1/C=c1\sc2n(c1=O)[C@@H](c1ccccc1Cl)C1=C(N=2)c2ccccc2CC1. The summed E-state index contributed by atoms with van der Waals surface area (Å²) in [4.78, 5) is 19.7. The van der Waals surface area contributed by atoms with E-state index in [1.54, 1.807) is 32.0 Å². The van der Waals surface area contributed by atoms with Crippen molar-refractivity contribution in [2.45, 2.75) is 18.9 Å². The van der Waals surface area contributed by atoms with Gasteiger partial charge in [0.2, 0.25) is 0 Å². The number of aromatic nitrogens is 1. The highest BCUT2D eigenvalue weighted by molar-refractivity contribution is 7.07. The average molecular weight is 545 g/mol. The van der Waals surface area contributed by atoms with Gasteiger partial charge in [-0.3, -0.25) is 9.36 Å². The average Bonchev–Trinajstić information content (AvgIpc) is 3.26. The zero-order valence-corrected chi connectivity index (χ0v) is 22.7. The summed E-state index contributed by atoms with van der Waals surface area (Å²) < 4.78 is 18.8. The minimum Gasteiger partial charge on any atom is -0.496 e. The molecule has 0 bridgehead atoms. The van der Waals surface area contributed by atoms with E-state index in [9.17, 15) is 4.79 Å². The summed E-state index contributed by atoms with van der Waals surface area (Å²) in [6.45, 7) is 0. The Morgan fingerprint density at radius 1 is 0.947 bits per heavy atom. The fourth-order valence-corrected chi connectivity index (χ4v) is 6.53. The Kier molecular flexibility index (Phi) is 6.33. The molecule has 38 heavy (non-hydrogen) atoms. The van der Waals surface area contributed by atoms with Crippen LogP contribution in [-0.4, -0.2) is 25.9 Å². The van der Waals surface area contributed by atoms with E-state index in [0.717, 1.165) is 35.2 Å². The Morgan fingerprint density at radius 3 is 2.42 bits per heavy atom. The van der Waals surface area contributed by atoms with Crippen LogP contribution in [0.3, 0.4) is 0 Å². The van der Waals surface area contributed by atoms with Gasteiger partial charge in [0.05, 0.1) is 37.6 Å². The van der Waals surface area contributed by atoms with Crippen LogP contribution in [0.5, 0.6) is 17.2 Å². The Bertz CT molecular complexity index is 1790. The predicted molar refractivity (Wildman–Crippen MR) is 150 cm³/mol. The summed E-state index contributed by atoms with van der Waals surface area (Å²) in [6.07, 6.45) is 3.52. The lowest BCUT2D eigenvalue weighted by Crippen LogP contribution is -2.38. The summed E-state index contributed by atoms with van der Waals surface area (Å²) in [5.74, 6) is 1.67. The number of aryl methyl sites for hydroxylation is 1. The molecule has 0 saturated heterocycles. The molecule has 8 heteroatoms. The molecule has 6 rings (SSSR count). The van der Waals surface area contributed by atoms with E-state index >= 15 is 0 Å². The van der Waals surface area contributed by atoms with Gasteiger partial charge in [-0.1, -0.05) is 65.4 Å². The molecule has 3 aromatic carbocycles. The van der Waals surface area contributed by atoms with Gasteiger partial charge < -0.3 is 14.2 Å². The van der Waals surface area contributed by atoms with Gasteiger partial charge >= 0.3 is 0 Å². The molecule has 4 aromatic rings. The van der Waals surface area contributed by atoms with Crippen molar-refractivity contribution in [3.63, 3.8) is 0 Å². The number of ether oxygens (including phenoxy) is 3. The first kappa shape index (κ1) is 24.5. The van der Waals surface area contributed by atoms with Gasteiger partial charge in [-0.2, -0.15) is 0 Å². The van der Waals surface area contributed by atoms with E-state index in [-0.39, 0.29) is 11.6 Å². The maximum absolute atomic E-state index is 14.0. The fraction of sp³-hybridized carbons (Fsp3) is 0.200. The van der Waals surface area contributed by atoms with E-state index in [1.807, 2.05) is 42.5 Å². The number of halogens is 1. The van der Waals surface area contributed by atoms with Crippen molar-refractivity contribution in [2.75, 3.05) is 21.3 Å². The number of hydrogen-bond acceptors (Lipinski definition) is 6. The number of methoxy groups -OCH3 is 3. The minimum absolute atomic E-state index is 0.124. The second-order valence-electron chi connectivity index (χ2n) is 9.08. The first-order chi connectivity index (χ1) is 18.5. The molecule has 2 aliphatic rings. The maximum Gasteiger partial charge on any atom is 0.271 e. The number of fused-ring (bicyclic) bond motifs is 3. The van der Waals surface area contributed by atoms with Crippen LogP contribution in [0.4, 0.5) is 0 Å². The van der Waals surface area contributed by atoms with Gasteiger partial charge in [0, 0.05) is 22.2 Å². The number of allylic oxidation sites excluding steroid dienone is 1. The van der Waals surface area contributed by atoms with Gasteiger partial charge in [0.25, 0.3) is 5.56 Å². The summed E-state index contributed by atoms with van der Waals surface area (Å²) >= 11 is 8.09. The molecule has 1 aromatic heterocycles. The molecule has 0 N–H and O–H groups in total. The second kappa shape index (κ2) is 9.82. The van der Waals surface area contributed by atoms with Crippen LogP contribution in [0.25, 0.3) is 11.8 Å². The molecule has 0 spiro atoms. The summed E-state index contributed by atoms with van der Waals surface area (Å²) in [5, 5.41) is 0.626. The van der Waals surface area contributed by atoms with Gasteiger partial charge in [-0.25, -0.2) is 4.99 Å².